The molecule has 0 aromatic heterocycles. The fourth-order valence-corrected chi connectivity index (χ4v) is 2.74. The number of aliphatic hydroxyl groups excluding tert-OH is 1. The largest absolute Gasteiger partial charge is 0.396 e. The first-order valence-corrected chi connectivity index (χ1v) is 7.04. The second kappa shape index (κ2) is 6.15. The average Bonchev–Trinajstić information content (AvgIpc) is 2.81. The second-order valence-electron chi connectivity index (χ2n) is 5.26. The van der Waals surface area contributed by atoms with E-state index in [2.05, 4.69) is 52.1 Å². The zero-order valence-electron chi connectivity index (χ0n) is 10.7. The molecule has 1 saturated heterocycles. The Morgan fingerprint density at radius 2 is 2.11 bits per heavy atom. The topological polar surface area (TPSA) is 32.7 Å². The minimum Gasteiger partial charge on any atom is -0.396 e. The van der Waals surface area contributed by atoms with E-state index in [1.54, 1.807) is 0 Å². The lowest BCUT2D eigenvalue weighted by molar-refractivity contribution is 0.0625. The monoisotopic (exact) mass is 313 g/mol. The van der Waals surface area contributed by atoms with Crippen LogP contribution >= 0.6 is 15.9 Å². The molecular formula is C14H20BrNO2. The molecule has 0 bridgehead atoms. The molecule has 100 valence electrons. The first-order chi connectivity index (χ1) is 8.63. The maximum atomic E-state index is 9.56. The molecule has 0 amide bonds. The maximum Gasteiger partial charge on any atom is 0.0557 e. The Hall–Kier alpha value is -0.420. The molecule has 1 aromatic rings. The van der Waals surface area contributed by atoms with Gasteiger partial charge in [0.2, 0.25) is 0 Å². The van der Waals surface area contributed by atoms with E-state index in [-0.39, 0.29) is 12.0 Å². The Morgan fingerprint density at radius 1 is 1.39 bits per heavy atom. The van der Waals surface area contributed by atoms with Crippen LogP contribution in [0.3, 0.4) is 0 Å². The van der Waals surface area contributed by atoms with Gasteiger partial charge in [-0.05, 0) is 31.2 Å². The highest BCUT2D eigenvalue weighted by Gasteiger charge is 2.35. The van der Waals surface area contributed by atoms with Gasteiger partial charge in [0.15, 0.2) is 0 Å². The summed E-state index contributed by atoms with van der Waals surface area (Å²) in [6.07, 6.45) is 0.953. The highest BCUT2D eigenvalue weighted by atomic mass is 79.9. The predicted molar refractivity (Wildman–Crippen MR) is 75.4 cm³/mol. The zero-order chi connectivity index (χ0) is 13.0. The molecule has 1 aromatic carbocycles. The first kappa shape index (κ1) is 14.0. The third-order valence-electron chi connectivity index (χ3n) is 3.49. The van der Waals surface area contributed by atoms with Gasteiger partial charge in [-0.15, -0.1) is 0 Å². The fraction of sp³-hybridized carbons (Fsp3) is 0.571. The maximum absolute atomic E-state index is 9.56. The van der Waals surface area contributed by atoms with Gasteiger partial charge in [-0.1, -0.05) is 28.1 Å². The van der Waals surface area contributed by atoms with Gasteiger partial charge in [-0.2, -0.15) is 0 Å². The fourth-order valence-electron chi connectivity index (χ4n) is 2.48. The number of rotatable bonds is 5. The van der Waals surface area contributed by atoms with Gasteiger partial charge in [0.05, 0.1) is 13.2 Å². The molecular weight excluding hydrogens is 294 g/mol. The summed E-state index contributed by atoms with van der Waals surface area (Å²) >= 11 is 3.44. The molecule has 0 aliphatic carbocycles. The molecule has 1 N–H and O–H groups in total. The van der Waals surface area contributed by atoms with E-state index in [1.807, 2.05) is 0 Å². The number of hydrogen-bond donors (Lipinski definition) is 1. The summed E-state index contributed by atoms with van der Waals surface area (Å²) in [4.78, 5) is 2.26. The average molecular weight is 314 g/mol. The van der Waals surface area contributed by atoms with E-state index in [9.17, 15) is 5.11 Å². The van der Waals surface area contributed by atoms with Crippen LogP contribution in [0.1, 0.15) is 12.0 Å². The van der Waals surface area contributed by atoms with Gasteiger partial charge in [0, 0.05) is 29.6 Å². The van der Waals surface area contributed by atoms with Crippen molar-refractivity contribution in [3.63, 3.8) is 0 Å². The molecule has 1 fully saturated rings. The summed E-state index contributed by atoms with van der Waals surface area (Å²) in [5.74, 6) is 0. The molecule has 0 spiro atoms. The normalized spacial score (nSPS) is 23.8. The summed E-state index contributed by atoms with van der Waals surface area (Å²) in [5, 5.41) is 9.56. The van der Waals surface area contributed by atoms with E-state index in [4.69, 9.17) is 4.74 Å². The third-order valence-corrected chi connectivity index (χ3v) is 4.02. The molecule has 1 heterocycles. The van der Waals surface area contributed by atoms with E-state index < -0.39 is 0 Å². The summed E-state index contributed by atoms with van der Waals surface area (Å²) < 4.78 is 6.53. The Morgan fingerprint density at radius 3 is 2.67 bits per heavy atom. The summed E-state index contributed by atoms with van der Waals surface area (Å²) in [7, 11) is 2.10. The van der Waals surface area contributed by atoms with Crippen molar-refractivity contribution in [2.24, 2.45) is 5.41 Å². The standard InChI is InChI=1S/C14H20BrNO2/c1-16(8-12-2-4-13(15)5-3-12)9-14(10-17)6-7-18-11-14/h2-5,17H,6-11H2,1H3. The number of hydrogen-bond acceptors (Lipinski definition) is 3. The van der Waals surface area contributed by atoms with E-state index >= 15 is 0 Å². The van der Waals surface area contributed by atoms with Gasteiger partial charge < -0.3 is 14.7 Å². The Kier molecular flexibility index (Phi) is 4.78. The second-order valence-corrected chi connectivity index (χ2v) is 6.18. The van der Waals surface area contributed by atoms with E-state index in [0.29, 0.717) is 6.61 Å². The van der Waals surface area contributed by atoms with Crippen molar-refractivity contribution in [3.05, 3.63) is 34.3 Å². The molecule has 18 heavy (non-hydrogen) atoms. The molecule has 3 nitrogen and oxygen atoms in total. The van der Waals surface area contributed by atoms with E-state index in [0.717, 1.165) is 30.6 Å². The lowest BCUT2D eigenvalue weighted by atomic mass is 9.88. The van der Waals surface area contributed by atoms with E-state index in [1.165, 1.54) is 5.56 Å². The molecule has 1 aliphatic rings. The number of halogens is 1. The quantitative estimate of drug-likeness (QED) is 0.905. The van der Waals surface area contributed by atoms with Crippen LogP contribution in [-0.2, 0) is 11.3 Å². The predicted octanol–water partition coefficient (Wildman–Crippen LogP) is 2.28. The Bertz CT molecular complexity index is 374. The van der Waals surface area contributed by atoms with Crippen LogP contribution in [0.2, 0.25) is 0 Å². The molecule has 1 atom stereocenters. The summed E-state index contributed by atoms with van der Waals surface area (Å²) in [5.41, 5.74) is 1.22. The van der Waals surface area contributed by atoms with Crippen LogP contribution in [0.4, 0.5) is 0 Å². The van der Waals surface area contributed by atoms with Crippen LogP contribution in [0.25, 0.3) is 0 Å². The first-order valence-electron chi connectivity index (χ1n) is 6.25. The molecule has 1 aliphatic heterocycles. The molecule has 0 saturated carbocycles. The lowest BCUT2D eigenvalue weighted by Crippen LogP contribution is -2.38. The number of nitrogens with zero attached hydrogens (tertiary/aromatic N) is 1. The highest BCUT2D eigenvalue weighted by molar-refractivity contribution is 9.10. The van der Waals surface area contributed by atoms with Crippen molar-refractivity contribution in [1.29, 1.82) is 0 Å². The minimum atomic E-state index is -0.0654. The number of aliphatic hydroxyl groups is 1. The molecule has 0 radical (unpaired) electrons. The number of benzene rings is 1. The van der Waals surface area contributed by atoms with Crippen molar-refractivity contribution >= 4 is 15.9 Å². The van der Waals surface area contributed by atoms with Crippen molar-refractivity contribution in [3.8, 4) is 0 Å². The van der Waals surface area contributed by atoms with Gasteiger partial charge >= 0.3 is 0 Å². The third kappa shape index (κ3) is 3.54. The number of ether oxygens (including phenoxy) is 1. The Labute approximate surface area is 117 Å². The van der Waals surface area contributed by atoms with Gasteiger partial charge in [-0.25, -0.2) is 0 Å². The summed E-state index contributed by atoms with van der Waals surface area (Å²) in [6, 6.07) is 8.36. The van der Waals surface area contributed by atoms with Crippen LogP contribution < -0.4 is 0 Å². The van der Waals surface area contributed by atoms with Gasteiger partial charge in [-0.3, -0.25) is 0 Å². The lowest BCUT2D eigenvalue weighted by Gasteiger charge is -2.30. The van der Waals surface area contributed by atoms with Crippen molar-refractivity contribution in [2.75, 3.05) is 33.4 Å². The van der Waals surface area contributed by atoms with Crippen LogP contribution in [-0.4, -0.2) is 43.4 Å². The van der Waals surface area contributed by atoms with Crippen molar-refractivity contribution < 1.29 is 9.84 Å². The van der Waals surface area contributed by atoms with Gasteiger partial charge in [0.25, 0.3) is 0 Å². The molecule has 2 rings (SSSR count). The molecule has 4 heteroatoms. The van der Waals surface area contributed by atoms with Crippen LogP contribution in [0.15, 0.2) is 28.7 Å². The van der Waals surface area contributed by atoms with Crippen LogP contribution in [0, 0.1) is 5.41 Å². The minimum absolute atomic E-state index is 0.0654. The summed E-state index contributed by atoms with van der Waals surface area (Å²) in [6.45, 7) is 3.42. The highest BCUT2D eigenvalue weighted by Crippen LogP contribution is 2.29. The van der Waals surface area contributed by atoms with Crippen molar-refractivity contribution in [2.45, 2.75) is 13.0 Å². The van der Waals surface area contributed by atoms with Crippen LogP contribution in [0.5, 0.6) is 0 Å². The zero-order valence-corrected chi connectivity index (χ0v) is 12.3. The SMILES string of the molecule is CN(Cc1ccc(Br)cc1)CC1(CO)CCOC1. The Balaban J connectivity index is 1.91. The smallest absolute Gasteiger partial charge is 0.0557 e. The van der Waals surface area contributed by atoms with Crippen molar-refractivity contribution in [1.82, 2.24) is 4.90 Å². The van der Waals surface area contributed by atoms with Gasteiger partial charge in [0.1, 0.15) is 0 Å². The molecule has 1 unspecified atom stereocenters.